The van der Waals surface area contributed by atoms with Crippen LogP contribution in [0.3, 0.4) is 0 Å². The Balaban J connectivity index is 1.85. The highest BCUT2D eigenvalue weighted by Gasteiger charge is 2.06. The van der Waals surface area contributed by atoms with Crippen molar-refractivity contribution in [2.75, 3.05) is 13.2 Å². The zero-order valence-electron chi connectivity index (χ0n) is 12.6. The first kappa shape index (κ1) is 15.5. The van der Waals surface area contributed by atoms with Gasteiger partial charge in [-0.05, 0) is 23.3 Å². The monoisotopic (exact) mass is 285 g/mol. The molecule has 0 aliphatic heterocycles. The van der Waals surface area contributed by atoms with Gasteiger partial charge >= 0.3 is 0 Å². The van der Waals surface area contributed by atoms with E-state index in [1.807, 2.05) is 42.5 Å². The minimum atomic E-state index is -0.499. The Kier molecular flexibility index (Phi) is 5.78. The molecule has 0 saturated heterocycles. The van der Waals surface area contributed by atoms with E-state index in [-0.39, 0.29) is 0 Å². The molecule has 0 spiro atoms. The SMILES string of the molecule is CC(C)NC[C@@H](O)COc1ccc(-c2ccccc2)cc1. The summed E-state index contributed by atoms with van der Waals surface area (Å²) in [6.07, 6.45) is -0.499. The van der Waals surface area contributed by atoms with Crippen molar-refractivity contribution in [1.29, 1.82) is 0 Å². The lowest BCUT2D eigenvalue weighted by molar-refractivity contribution is 0.104. The first-order valence-corrected chi connectivity index (χ1v) is 7.35. The third-order valence-corrected chi connectivity index (χ3v) is 3.17. The van der Waals surface area contributed by atoms with Crippen molar-refractivity contribution in [3.05, 3.63) is 54.6 Å². The fraction of sp³-hybridized carbons (Fsp3) is 0.333. The van der Waals surface area contributed by atoms with Gasteiger partial charge in [-0.2, -0.15) is 0 Å². The molecule has 0 aromatic heterocycles. The number of rotatable bonds is 7. The van der Waals surface area contributed by atoms with E-state index in [2.05, 4.69) is 31.3 Å². The lowest BCUT2D eigenvalue weighted by Gasteiger charge is -2.15. The number of aliphatic hydroxyl groups is 1. The molecule has 0 aliphatic rings. The van der Waals surface area contributed by atoms with Crippen LogP contribution in [0.5, 0.6) is 5.75 Å². The summed E-state index contributed by atoms with van der Waals surface area (Å²) in [6, 6.07) is 18.5. The van der Waals surface area contributed by atoms with Crippen molar-refractivity contribution in [1.82, 2.24) is 5.32 Å². The third kappa shape index (κ3) is 5.21. The summed E-state index contributed by atoms with van der Waals surface area (Å²) in [5, 5.41) is 13.0. The molecule has 21 heavy (non-hydrogen) atoms. The van der Waals surface area contributed by atoms with Gasteiger partial charge in [0.15, 0.2) is 0 Å². The van der Waals surface area contributed by atoms with Gasteiger partial charge in [0.25, 0.3) is 0 Å². The van der Waals surface area contributed by atoms with Gasteiger partial charge in [-0.25, -0.2) is 0 Å². The number of nitrogens with one attached hydrogen (secondary N) is 1. The summed E-state index contributed by atoms with van der Waals surface area (Å²) in [4.78, 5) is 0. The number of hydrogen-bond acceptors (Lipinski definition) is 3. The third-order valence-electron chi connectivity index (χ3n) is 3.17. The van der Waals surface area contributed by atoms with Gasteiger partial charge < -0.3 is 15.2 Å². The zero-order valence-corrected chi connectivity index (χ0v) is 12.6. The lowest BCUT2D eigenvalue weighted by atomic mass is 10.1. The number of benzene rings is 2. The molecule has 0 aliphatic carbocycles. The summed E-state index contributed by atoms with van der Waals surface area (Å²) in [5.74, 6) is 0.776. The summed E-state index contributed by atoms with van der Waals surface area (Å²) >= 11 is 0. The van der Waals surface area contributed by atoms with E-state index in [1.54, 1.807) is 0 Å². The number of hydrogen-bond donors (Lipinski definition) is 2. The van der Waals surface area contributed by atoms with E-state index in [0.29, 0.717) is 19.2 Å². The molecule has 3 nitrogen and oxygen atoms in total. The number of ether oxygens (including phenoxy) is 1. The normalized spacial score (nSPS) is 12.4. The lowest BCUT2D eigenvalue weighted by Crippen LogP contribution is -2.35. The highest BCUT2D eigenvalue weighted by atomic mass is 16.5. The van der Waals surface area contributed by atoms with Gasteiger partial charge in [-0.1, -0.05) is 56.3 Å². The Morgan fingerprint density at radius 1 is 0.952 bits per heavy atom. The molecule has 0 heterocycles. The van der Waals surface area contributed by atoms with E-state index in [4.69, 9.17) is 4.74 Å². The Labute approximate surface area is 126 Å². The van der Waals surface area contributed by atoms with Crippen molar-refractivity contribution >= 4 is 0 Å². The molecule has 2 N–H and O–H groups in total. The van der Waals surface area contributed by atoms with E-state index in [9.17, 15) is 5.11 Å². The van der Waals surface area contributed by atoms with Crippen molar-refractivity contribution in [2.24, 2.45) is 0 Å². The minimum absolute atomic E-state index is 0.296. The second-order valence-electron chi connectivity index (χ2n) is 5.42. The zero-order chi connectivity index (χ0) is 15.1. The van der Waals surface area contributed by atoms with Crippen LogP contribution >= 0.6 is 0 Å². The topological polar surface area (TPSA) is 41.5 Å². The quantitative estimate of drug-likeness (QED) is 0.821. The smallest absolute Gasteiger partial charge is 0.119 e. The predicted molar refractivity (Wildman–Crippen MR) is 86.5 cm³/mol. The standard InChI is InChI=1S/C18H23NO2/c1-14(2)19-12-17(20)13-21-18-10-8-16(9-11-18)15-6-4-3-5-7-15/h3-11,14,17,19-20H,12-13H2,1-2H3/t17-/m1/s1. The average Bonchev–Trinajstić information content (AvgIpc) is 2.52. The summed E-state index contributed by atoms with van der Waals surface area (Å²) < 4.78 is 5.60. The van der Waals surface area contributed by atoms with Crippen LogP contribution in [0.4, 0.5) is 0 Å². The van der Waals surface area contributed by atoms with Crippen molar-refractivity contribution < 1.29 is 9.84 Å². The van der Waals surface area contributed by atoms with Crippen molar-refractivity contribution in [2.45, 2.75) is 26.0 Å². The highest BCUT2D eigenvalue weighted by Crippen LogP contribution is 2.22. The molecule has 0 bridgehead atoms. The van der Waals surface area contributed by atoms with Crippen LogP contribution in [-0.4, -0.2) is 30.4 Å². The van der Waals surface area contributed by atoms with Gasteiger partial charge in [-0.15, -0.1) is 0 Å². The maximum absolute atomic E-state index is 9.80. The van der Waals surface area contributed by atoms with Crippen LogP contribution in [0.15, 0.2) is 54.6 Å². The molecule has 2 rings (SSSR count). The van der Waals surface area contributed by atoms with Crippen LogP contribution in [0, 0.1) is 0 Å². The molecular formula is C18H23NO2. The van der Waals surface area contributed by atoms with E-state index in [0.717, 1.165) is 11.3 Å². The summed E-state index contributed by atoms with van der Waals surface area (Å²) in [5.41, 5.74) is 2.34. The van der Waals surface area contributed by atoms with Gasteiger partial charge in [0.05, 0.1) is 0 Å². The molecule has 0 fully saturated rings. The highest BCUT2D eigenvalue weighted by molar-refractivity contribution is 5.63. The van der Waals surface area contributed by atoms with Crippen LogP contribution < -0.4 is 10.1 Å². The van der Waals surface area contributed by atoms with Crippen LogP contribution in [0.1, 0.15) is 13.8 Å². The molecule has 2 aromatic carbocycles. The van der Waals surface area contributed by atoms with E-state index >= 15 is 0 Å². The first-order valence-electron chi connectivity index (χ1n) is 7.35. The molecule has 0 amide bonds. The van der Waals surface area contributed by atoms with Crippen molar-refractivity contribution in [3.8, 4) is 16.9 Å². The summed E-state index contributed by atoms with van der Waals surface area (Å²) in [7, 11) is 0. The molecule has 0 radical (unpaired) electrons. The first-order chi connectivity index (χ1) is 10.1. The largest absolute Gasteiger partial charge is 0.491 e. The van der Waals surface area contributed by atoms with Gasteiger partial charge in [0, 0.05) is 12.6 Å². The molecule has 3 heteroatoms. The second-order valence-corrected chi connectivity index (χ2v) is 5.42. The van der Waals surface area contributed by atoms with Crippen molar-refractivity contribution in [3.63, 3.8) is 0 Å². The summed E-state index contributed by atoms with van der Waals surface area (Å²) in [6.45, 7) is 4.94. The molecule has 0 saturated carbocycles. The van der Waals surface area contributed by atoms with Gasteiger partial charge in [0.1, 0.15) is 18.5 Å². The second kappa shape index (κ2) is 7.81. The Hall–Kier alpha value is -1.84. The van der Waals surface area contributed by atoms with E-state index in [1.165, 1.54) is 5.56 Å². The van der Waals surface area contributed by atoms with E-state index < -0.39 is 6.10 Å². The fourth-order valence-electron chi connectivity index (χ4n) is 2.00. The Morgan fingerprint density at radius 2 is 1.57 bits per heavy atom. The maximum atomic E-state index is 9.80. The van der Waals surface area contributed by atoms with Crippen LogP contribution in [0.25, 0.3) is 11.1 Å². The molecular weight excluding hydrogens is 262 g/mol. The maximum Gasteiger partial charge on any atom is 0.119 e. The van der Waals surface area contributed by atoms with Gasteiger partial charge in [0.2, 0.25) is 0 Å². The average molecular weight is 285 g/mol. The minimum Gasteiger partial charge on any atom is -0.491 e. The molecule has 2 aromatic rings. The Bertz CT molecular complexity index is 523. The molecule has 0 unspecified atom stereocenters. The van der Waals surface area contributed by atoms with Crippen LogP contribution in [0.2, 0.25) is 0 Å². The number of aliphatic hydroxyl groups excluding tert-OH is 1. The fourth-order valence-corrected chi connectivity index (χ4v) is 2.00. The predicted octanol–water partition coefficient (Wildman–Crippen LogP) is 3.09. The van der Waals surface area contributed by atoms with Gasteiger partial charge in [-0.3, -0.25) is 0 Å². The molecule has 1 atom stereocenters. The van der Waals surface area contributed by atoms with Crippen LogP contribution in [-0.2, 0) is 0 Å². The Morgan fingerprint density at radius 3 is 2.19 bits per heavy atom. The molecule has 112 valence electrons.